The quantitative estimate of drug-likeness (QED) is 0.175. The summed E-state index contributed by atoms with van der Waals surface area (Å²) in [5.41, 5.74) is 12.0. The molecule has 0 N–H and O–H groups in total. The molecule has 3 heteroatoms. The molecule has 0 aliphatic rings. The van der Waals surface area contributed by atoms with Crippen LogP contribution in [0.4, 0.5) is 0 Å². The molecule has 10 aromatic carbocycles. The molecule has 12 aromatic rings. The van der Waals surface area contributed by atoms with Gasteiger partial charge in [-0.05, 0) is 91.6 Å². The Hall–Kier alpha value is -7.88. The Labute approximate surface area is 341 Å². The standard InChI is InChI=1S/C56H35N3/c1-3-15-36(16-4-1)40-33-41(37-17-5-2-6-18-37)35-42(34-40)55-48-23-11-12-27-49(48)57-56(58-55)47-26-13-25-46-45(47)24-14-28-50(46)59-51-31-29-38-19-7-9-21-43(38)53(51)54-44-22-10-8-20-39(44)30-32-52(54)59/h1-35H. The van der Waals surface area contributed by atoms with Crippen molar-refractivity contribution >= 4 is 65.0 Å². The van der Waals surface area contributed by atoms with Gasteiger partial charge < -0.3 is 4.57 Å². The lowest BCUT2D eigenvalue weighted by atomic mass is 9.94. The van der Waals surface area contributed by atoms with Crippen molar-refractivity contribution in [2.45, 2.75) is 0 Å². The van der Waals surface area contributed by atoms with Crippen molar-refractivity contribution in [2.24, 2.45) is 0 Å². The van der Waals surface area contributed by atoms with Crippen LogP contribution in [0.5, 0.6) is 0 Å². The zero-order chi connectivity index (χ0) is 38.9. The molecule has 0 spiro atoms. The lowest BCUT2D eigenvalue weighted by Crippen LogP contribution is -1.98. The topological polar surface area (TPSA) is 30.7 Å². The van der Waals surface area contributed by atoms with Gasteiger partial charge in [-0.25, -0.2) is 9.97 Å². The highest BCUT2D eigenvalue weighted by molar-refractivity contribution is 6.29. The third kappa shape index (κ3) is 5.36. The molecule has 274 valence electrons. The van der Waals surface area contributed by atoms with Crippen LogP contribution < -0.4 is 0 Å². The van der Waals surface area contributed by atoms with Gasteiger partial charge in [0, 0.05) is 32.7 Å². The van der Waals surface area contributed by atoms with Crippen LogP contribution in [0.2, 0.25) is 0 Å². The molecule has 0 bridgehead atoms. The van der Waals surface area contributed by atoms with Crippen molar-refractivity contribution in [2.75, 3.05) is 0 Å². The summed E-state index contributed by atoms with van der Waals surface area (Å²) in [4.78, 5) is 10.8. The molecule has 0 saturated heterocycles. The second-order valence-electron chi connectivity index (χ2n) is 15.3. The first-order chi connectivity index (χ1) is 29.3. The second-order valence-corrected chi connectivity index (χ2v) is 15.3. The molecule has 0 aliphatic carbocycles. The fourth-order valence-corrected chi connectivity index (χ4v) is 9.27. The number of aromatic nitrogens is 3. The average molecular weight is 750 g/mol. The monoisotopic (exact) mass is 749 g/mol. The number of rotatable bonds is 5. The predicted molar refractivity (Wildman–Crippen MR) is 248 cm³/mol. The summed E-state index contributed by atoms with van der Waals surface area (Å²) < 4.78 is 2.46. The van der Waals surface area contributed by atoms with Crippen LogP contribution in [0.3, 0.4) is 0 Å². The highest BCUT2D eigenvalue weighted by Crippen LogP contribution is 2.43. The predicted octanol–water partition coefficient (Wildman–Crippen LogP) is 14.9. The van der Waals surface area contributed by atoms with E-state index in [9.17, 15) is 0 Å². The van der Waals surface area contributed by atoms with Gasteiger partial charge >= 0.3 is 0 Å². The number of nitrogens with zero attached hydrogens (tertiary/aromatic N) is 3. The van der Waals surface area contributed by atoms with E-state index in [1.807, 2.05) is 0 Å². The van der Waals surface area contributed by atoms with Gasteiger partial charge in [0.25, 0.3) is 0 Å². The molecular weight excluding hydrogens is 715 g/mol. The Balaban J connectivity index is 1.11. The third-order valence-corrected chi connectivity index (χ3v) is 12.0. The maximum Gasteiger partial charge on any atom is 0.161 e. The van der Waals surface area contributed by atoms with Crippen LogP contribution in [0, 0.1) is 0 Å². The number of hydrogen-bond acceptors (Lipinski definition) is 2. The summed E-state index contributed by atoms with van der Waals surface area (Å²) in [7, 11) is 0. The van der Waals surface area contributed by atoms with Crippen LogP contribution >= 0.6 is 0 Å². The Morgan fingerprint density at radius 1 is 0.322 bits per heavy atom. The normalized spacial score (nSPS) is 11.7. The summed E-state index contributed by atoms with van der Waals surface area (Å²) in [6, 6.07) is 76.3. The van der Waals surface area contributed by atoms with Gasteiger partial charge in [0.15, 0.2) is 5.82 Å². The summed E-state index contributed by atoms with van der Waals surface area (Å²) in [5.74, 6) is 0.701. The molecule has 0 saturated carbocycles. The van der Waals surface area contributed by atoms with Crippen molar-refractivity contribution < 1.29 is 0 Å². The van der Waals surface area contributed by atoms with Crippen LogP contribution in [0.1, 0.15) is 0 Å². The van der Waals surface area contributed by atoms with Crippen molar-refractivity contribution in [3.8, 4) is 50.6 Å². The minimum Gasteiger partial charge on any atom is -0.309 e. The minimum absolute atomic E-state index is 0.701. The van der Waals surface area contributed by atoms with Gasteiger partial charge in [-0.3, -0.25) is 0 Å². The van der Waals surface area contributed by atoms with E-state index in [0.717, 1.165) is 66.4 Å². The maximum absolute atomic E-state index is 5.50. The lowest BCUT2D eigenvalue weighted by Gasteiger charge is -2.16. The SMILES string of the molecule is c1ccc(-c2cc(-c3ccccc3)cc(-c3nc(-c4cccc5c(-n6c7ccc8ccccc8c7c7c8ccccc8ccc76)cccc45)nc4ccccc34)c2)cc1. The summed E-state index contributed by atoms with van der Waals surface area (Å²) in [6.07, 6.45) is 0. The number of hydrogen-bond donors (Lipinski definition) is 0. The highest BCUT2D eigenvalue weighted by Gasteiger charge is 2.20. The second kappa shape index (κ2) is 13.4. The fourth-order valence-electron chi connectivity index (χ4n) is 9.27. The summed E-state index contributed by atoms with van der Waals surface area (Å²) in [5, 5.41) is 10.8. The fraction of sp³-hybridized carbons (Fsp3) is 0. The van der Waals surface area contributed by atoms with Crippen LogP contribution in [0.25, 0.3) is 116 Å². The van der Waals surface area contributed by atoms with E-state index in [1.165, 1.54) is 43.4 Å². The highest BCUT2D eigenvalue weighted by atomic mass is 15.0. The van der Waals surface area contributed by atoms with Crippen molar-refractivity contribution in [3.05, 3.63) is 212 Å². The zero-order valence-corrected chi connectivity index (χ0v) is 32.0. The van der Waals surface area contributed by atoms with Gasteiger partial charge in [0.2, 0.25) is 0 Å². The van der Waals surface area contributed by atoms with Crippen molar-refractivity contribution in [3.63, 3.8) is 0 Å². The molecule has 0 fully saturated rings. The first-order valence-corrected chi connectivity index (χ1v) is 20.2. The van der Waals surface area contributed by atoms with E-state index in [1.54, 1.807) is 0 Å². The van der Waals surface area contributed by atoms with Gasteiger partial charge in [-0.1, -0.05) is 170 Å². The van der Waals surface area contributed by atoms with Gasteiger partial charge in [-0.2, -0.15) is 0 Å². The molecule has 2 aromatic heterocycles. The molecule has 3 nitrogen and oxygen atoms in total. The van der Waals surface area contributed by atoms with E-state index in [4.69, 9.17) is 9.97 Å². The van der Waals surface area contributed by atoms with E-state index in [0.29, 0.717) is 5.82 Å². The molecule has 59 heavy (non-hydrogen) atoms. The van der Waals surface area contributed by atoms with Crippen molar-refractivity contribution in [1.82, 2.24) is 14.5 Å². The Morgan fingerprint density at radius 2 is 0.831 bits per heavy atom. The van der Waals surface area contributed by atoms with E-state index < -0.39 is 0 Å². The largest absolute Gasteiger partial charge is 0.309 e. The average Bonchev–Trinajstić information content (AvgIpc) is 3.66. The molecule has 2 heterocycles. The van der Waals surface area contributed by atoms with E-state index in [2.05, 4.69) is 217 Å². The van der Waals surface area contributed by atoms with E-state index in [-0.39, 0.29) is 0 Å². The lowest BCUT2D eigenvalue weighted by molar-refractivity contribution is 1.20. The van der Waals surface area contributed by atoms with Gasteiger partial charge in [0.1, 0.15) is 0 Å². The molecular formula is C56H35N3. The molecule has 0 amide bonds. The first-order valence-electron chi connectivity index (χ1n) is 20.2. The Kier molecular flexibility index (Phi) is 7.54. The number of fused-ring (bicyclic) bond motifs is 9. The smallest absolute Gasteiger partial charge is 0.161 e. The van der Waals surface area contributed by atoms with E-state index >= 15 is 0 Å². The molecule has 0 unspecified atom stereocenters. The molecule has 0 atom stereocenters. The molecule has 12 rings (SSSR count). The Bertz CT molecular complexity index is 3450. The van der Waals surface area contributed by atoms with Gasteiger partial charge in [0.05, 0.1) is 27.9 Å². The maximum atomic E-state index is 5.50. The number of benzene rings is 10. The molecule has 0 aliphatic heterocycles. The molecule has 0 radical (unpaired) electrons. The van der Waals surface area contributed by atoms with Gasteiger partial charge in [-0.15, -0.1) is 0 Å². The Morgan fingerprint density at radius 3 is 1.47 bits per heavy atom. The zero-order valence-electron chi connectivity index (χ0n) is 32.0. The summed E-state index contributed by atoms with van der Waals surface area (Å²) >= 11 is 0. The van der Waals surface area contributed by atoms with Crippen LogP contribution in [-0.4, -0.2) is 14.5 Å². The minimum atomic E-state index is 0.701. The van der Waals surface area contributed by atoms with Crippen LogP contribution in [-0.2, 0) is 0 Å². The summed E-state index contributed by atoms with van der Waals surface area (Å²) in [6.45, 7) is 0. The van der Waals surface area contributed by atoms with Crippen molar-refractivity contribution in [1.29, 1.82) is 0 Å². The van der Waals surface area contributed by atoms with Crippen LogP contribution in [0.15, 0.2) is 212 Å². The third-order valence-electron chi connectivity index (χ3n) is 12.0. The number of para-hydroxylation sites is 1. The first kappa shape index (κ1) is 33.3.